The Morgan fingerprint density at radius 3 is 2.47 bits per heavy atom. The monoisotopic (exact) mass is 241 g/mol. The van der Waals surface area contributed by atoms with E-state index >= 15 is 0 Å². The molecule has 0 aromatic rings. The summed E-state index contributed by atoms with van der Waals surface area (Å²) in [5.41, 5.74) is 0. The first-order valence-electron chi connectivity index (χ1n) is 7.20. The Morgan fingerprint density at radius 2 is 1.82 bits per heavy atom. The highest BCUT2D eigenvalue weighted by Crippen LogP contribution is 2.13. The van der Waals surface area contributed by atoms with E-state index in [0.717, 1.165) is 38.8 Å². The number of aliphatic hydroxyl groups excluding tert-OH is 1. The van der Waals surface area contributed by atoms with Crippen molar-refractivity contribution in [1.82, 2.24) is 4.90 Å². The van der Waals surface area contributed by atoms with Crippen molar-refractivity contribution in [3.63, 3.8) is 0 Å². The Balaban J connectivity index is 2.03. The van der Waals surface area contributed by atoms with Gasteiger partial charge in [-0.1, -0.05) is 39.0 Å². The van der Waals surface area contributed by atoms with Crippen LogP contribution >= 0.6 is 0 Å². The van der Waals surface area contributed by atoms with Gasteiger partial charge in [0.1, 0.15) is 0 Å². The lowest BCUT2D eigenvalue weighted by Crippen LogP contribution is -2.30. The fourth-order valence-electron chi connectivity index (χ4n) is 2.38. The first-order valence-corrected chi connectivity index (χ1v) is 7.20. The zero-order chi connectivity index (χ0) is 12.5. The van der Waals surface area contributed by atoms with Gasteiger partial charge >= 0.3 is 0 Å². The fourth-order valence-corrected chi connectivity index (χ4v) is 2.38. The maximum atomic E-state index is 11.8. The fraction of sp³-hybridized carbons (Fsp3) is 0.929. The minimum Gasteiger partial charge on any atom is -0.393 e. The van der Waals surface area contributed by atoms with Crippen molar-refractivity contribution in [3.8, 4) is 0 Å². The van der Waals surface area contributed by atoms with E-state index in [2.05, 4.69) is 6.92 Å². The molecule has 0 saturated carbocycles. The molecule has 0 bridgehead atoms. The molecule has 1 fully saturated rings. The van der Waals surface area contributed by atoms with Crippen LogP contribution in [0.15, 0.2) is 0 Å². The summed E-state index contributed by atoms with van der Waals surface area (Å²) in [6.45, 7) is 3.98. The van der Waals surface area contributed by atoms with Gasteiger partial charge in [0.15, 0.2) is 0 Å². The van der Waals surface area contributed by atoms with Gasteiger partial charge in [-0.3, -0.25) is 4.79 Å². The Morgan fingerprint density at radius 1 is 1.18 bits per heavy atom. The topological polar surface area (TPSA) is 40.5 Å². The Labute approximate surface area is 105 Å². The zero-order valence-corrected chi connectivity index (χ0v) is 11.2. The third kappa shape index (κ3) is 6.06. The SMILES string of the molecule is CCCCCCCC(O)CC(=O)N1CCCC1. The molecule has 100 valence electrons. The summed E-state index contributed by atoms with van der Waals surface area (Å²) in [5, 5.41) is 9.79. The minimum atomic E-state index is -0.426. The molecule has 1 N–H and O–H groups in total. The molecule has 3 nitrogen and oxygen atoms in total. The highest BCUT2D eigenvalue weighted by Gasteiger charge is 2.20. The van der Waals surface area contributed by atoms with Crippen LogP contribution in [-0.2, 0) is 4.79 Å². The molecule has 1 atom stereocenters. The van der Waals surface area contributed by atoms with Crippen LogP contribution in [-0.4, -0.2) is 35.1 Å². The van der Waals surface area contributed by atoms with E-state index in [1.807, 2.05) is 4.90 Å². The molecule has 1 unspecified atom stereocenters. The molecule has 0 spiro atoms. The van der Waals surface area contributed by atoms with Crippen LogP contribution in [0.5, 0.6) is 0 Å². The summed E-state index contributed by atoms with van der Waals surface area (Å²) in [6, 6.07) is 0. The Kier molecular flexibility index (Phi) is 7.25. The molecule has 1 heterocycles. The van der Waals surface area contributed by atoms with Crippen molar-refractivity contribution in [2.24, 2.45) is 0 Å². The summed E-state index contributed by atoms with van der Waals surface area (Å²) in [4.78, 5) is 13.6. The van der Waals surface area contributed by atoms with Gasteiger partial charge in [-0.25, -0.2) is 0 Å². The van der Waals surface area contributed by atoms with E-state index in [1.54, 1.807) is 0 Å². The van der Waals surface area contributed by atoms with Crippen LogP contribution in [0.1, 0.15) is 64.7 Å². The molecule has 3 heteroatoms. The number of unbranched alkanes of at least 4 members (excludes halogenated alkanes) is 4. The van der Waals surface area contributed by atoms with E-state index < -0.39 is 6.10 Å². The van der Waals surface area contributed by atoms with Crippen molar-refractivity contribution < 1.29 is 9.90 Å². The van der Waals surface area contributed by atoms with Gasteiger partial charge in [-0.2, -0.15) is 0 Å². The van der Waals surface area contributed by atoms with Crippen LogP contribution in [0.25, 0.3) is 0 Å². The van der Waals surface area contributed by atoms with Crippen LogP contribution in [0, 0.1) is 0 Å². The highest BCUT2D eigenvalue weighted by atomic mass is 16.3. The average Bonchev–Trinajstić information content (AvgIpc) is 2.82. The molecule has 1 aliphatic rings. The molecule has 1 saturated heterocycles. The van der Waals surface area contributed by atoms with Crippen molar-refractivity contribution in [1.29, 1.82) is 0 Å². The van der Waals surface area contributed by atoms with E-state index in [9.17, 15) is 9.90 Å². The maximum absolute atomic E-state index is 11.8. The number of hydrogen-bond acceptors (Lipinski definition) is 2. The van der Waals surface area contributed by atoms with Gasteiger partial charge in [-0.15, -0.1) is 0 Å². The molecular weight excluding hydrogens is 214 g/mol. The van der Waals surface area contributed by atoms with Gasteiger partial charge in [-0.05, 0) is 19.3 Å². The van der Waals surface area contributed by atoms with Crippen LogP contribution < -0.4 is 0 Å². The number of nitrogens with zero attached hydrogens (tertiary/aromatic N) is 1. The second kappa shape index (κ2) is 8.51. The number of carbonyl (C=O) groups is 1. The number of aliphatic hydroxyl groups is 1. The van der Waals surface area contributed by atoms with Crippen LogP contribution in [0.4, 0.5) is 0 Å². The first-order chi connectivity index (χ1) is 8.24. The molecular formula is C14H27NO2. The summed E-state index contributed by atoms with van der Waals surface area (Å²) >= 11 is 0. The van der Waals surface area contributed by atoms with Crippen LogP contribution in [0.3, 0.4) is 0 Å². The molecule has 17 heavy (non-hydrogen) atoms. The van der Waals surface area contributed by atoms with Gasteiger partial charge < -0.3 is 10.0 Å². The van der Waals surface area contributed by atoms with Gasteiger partial charge in [0.2, 0.25) is 5.91 Å². The summed E-state index contributed by atoms with van der Waals surface area (Å²) in [7, 11) is 0. The number of amides is 1. The number of hydrogen-bond donors (Lipinski definition) is 1. The lowest BCUT2D eigenvalue weighted by Gasteiger charge is -2.17. The van der Waals surface area contributed by atoms with Crippen LogP contribution in [0.2, 0.25) is 0 Å². The predicted octanol–water partition coefficient (Wildman–Crippen LogP) is 2.72. The number of likely N-dealkylation sites (tertiary alicyclic amines) is 1. The van der Waals surface area contributed by atoms with E-state index in [0.29, 0.717) is 6.42 Å². The van der Waals surface area contributed by atoms with Crippen molar-refractivity contribution in [3.05, 3.63) is 0 Å². The second-order valence-electron chi connectivity index (χ2n) is 5.15. The normalized spacial score (nSPS) is 17.4. The Hall–Kier alpha value is -0.570. The number of carbonyl (C=O) groups excluding carboxylic acids is 1. The van der Waals surface area contributed by atoms with E-state index in [1.165, 1.54) is 25.7 Å². The largest absolute Gasteiger partial charge is 0.393 e. The smallest absolute Gasteiger partial charge is 0.225 e. The molecule has 0 radical (unpaired) electrons. The quantitative estimate of drug-likeness (QED) is 0.664. The molecule has 1 amide bonds. The van der Waals surface area contributed by atoms with Crippen molar-refractivity contribution in [2.75, 3.05) is 13.1 Å². The van der Waals surface area contributed by atoms with E-state index in [4.69, 9.17) is 0 Å². The van der Waals surface area contributed by atoms with Gasteiger partial charge in [0, 0.05) is 13.1 Å². The third-order valence-electron chi connectivity index (χ3n) is 3.51. The molecule has 0 aliphatic carbocycles. The first kappa shape index (κ1) is 14.5. The zero-order valence-electron chi connectivity index (χ0n) is 11.2. The third-order valence-corrected chi connectivity index (χ3v) is 3.51. The maximum Gasteiger partial charge on any atom is 0.225 e. The lowest BCUT2D eigenvalue weighted by atomic mass is 10.1. The van der Waals surface area contributed by atoms with E-state index in [-0.39, 0.29) is 5.91 Å². The minimum absolute atomic E-state index is 0.142. The Bertz CT molecular complexity index is 212. The van der Waals surface area contributed by atoms with Crippen molar-refractivity contribution in [2.45, 2.75) is 70.8 Å². The number of rotatable bonds is 8. The summed E-state index contributed by atoms with van der Waals surface area (Å²) in [6.07, 6.45) is 8.94. The van der Waals surface area contributed by atoms with Gasteiger partial charge in [0.05, 0.1) is 12.5 Å². The molecule has 1 aliphatic heterocycles. The molecule has 0 aromatic carbocycles. The average molecular weight is 241 g/mol. The summed E-state index contributed by atoms with van der Waals surface area (Å²) in [5.74, 6) is 0.142. The second-order valence-corrected chi connectivity index (χ2v) is 5.15. The molecule has 0 aromatic heterocycles. The lowest BCUT2D eigenvalue weighted by molar-refractivity contribution is -0.132. The summed E-state index contributed by atoms with van der Waals surface area (Å²) < 4.78 is 0. The van der Waals surface area contributed by atoms with Gasteiger partial charge in [0.25, 0.3) is 0 Å². The standard InChI is InChI=1S/C14H27NO2/c1-2-3-4-5-6-9-13(16)12-14(17)15-10-7-8-11-15/h13,16H,2-12H2,1H3. The van der Waals surface area contributed by atoms with Crippen molar-refractivity contribution >= 4 is 5.91 Å². The molecule has 1 rings (SSSR count). The predicted molar refractivity (Wildman–Crippen MR) is 69.8 cm³/mol. The highest BCUT2D eigenvalue weighted by molar-refractivity contribution is 5.76.